The number of nitrogens with one attached hydrogen (secondary N) is 2. The van der Waals surface area contributed by atoms with Gasteiger partial charge in [-0.05, 0) is 18.2 Å². The van der Waals surface area contributed by atoms with Crippen LogP contribution in [0, 0.1) is 0 Å². The van der Waals surface area contributed by atoms with Gasteiger partial charge in [-0.2, -0.15) is 0 Å². The SMILES string of the molecule is Nc1cccc(C(=O)NCCc2cnc[nH]2)c1. The van der Waals surface area contributed by atoms with Crippen LogP contribution in [0.2, 0.25) is 0 Å². The Morgan fingerprint density at radius 1 is 1.47 bits per heavy atom. The number of anilines is 1. The fourth-order valence-electron chi connectivity index (χ4n) is 1.51. The monoisotopic (exact) mass is 230 g/mol. The van der Waals surface area contributed by atoms with Crippen molar-refractivity contribution in [2.75, 3.05) is 12.3 Å². The van der Waals surface area contributed by atoms with E-state index in [0.717, 1.165) is 12.1 Å². The lowest BCUT2D eigenvalue weighted by molar-refractivity contribution is 0.0954. The molecule has 1 heterocycles. The number of amides is 1. The van der Waals surface area contributed by atoms with E-state index in [1.807, 2.05) is 0 Å². The van der Waals surface area contributed by atoms with Crippen LogP contribution < -0.4 is 11.1 Å². The van der Waals surface area contributed by atoms with E-state index in [2.05, 4.69) is 15.3 Å². The lowest BCUT2D eigenvalue weighted by Crippen LogP contribution is -2.25. The Kier molecular flexibility index (Phi) is 3.40. The van der Waals surface area contributed by atoms with Gasteiger partial charge in [0.15, 0.2) is 0 Å². The summed E-state index contributed by atoms with van der Waals surface area (Å²) < 4.78 is 0. The third-order valence-corrected chi connectivity index (χ3v) is 2.38. The first-order valence-corrected chi connectivity index (χ1v) is 5.37. The Bertz CT molecular complexity index is 493. The fraction of sp³-hybridized carbons (Fsp3) is 0.167. The van der Waals surface area contributed by atoms with Crippen molar-refractivity contribution in [1.29, 1.82) is 0 Å². The second kappa shape index (κ2) is 5.16. The van der Waals surface area contributed by atoms with Gasteiger partial charge in [-0.3, -0.25) is 4.79 Å². The molecule has 0 atom stereocenters. The van der Waals surface area contributed by atoms with Crippen molar-refractivity contribution in [2.24, 2.45) is 0 Å². The molecule has 0 spiro atoms. The fourth-order valence-corrected chi connectivity index (χ4v) is 1.51. The van der Waals surface area contributed by atoms with Crippen LogP contribution in [0.3, 0.4) is 0 Å². The minimum atomic E-state index is -0.114. The van der Waals surface area contributed by atoms with Crippen molar-refractivity contribution in [3.63, 3.8) is 0 Å². The highest BCUT2D eigenvalue weighted by molar-refractivity contribution is 5.94. The van der Waals surface area contributed by atoms with Crippen LogP contribution in [-0.4, -0.2) is 22.4 Å². The molecule has 1 aromatic heterocycles. The summed E-state index contributed by atoms with van der Waals surface area (Å²) in [6, 6.07) is 6.91. The van der Waals surface area contributed by atoms with E-state index >= 15 is 0 Å². The normalized spacial score (nSPS) is 10.1. The van der Waals surface area contributed by atoms with Crippen molar-refractivity contribution in [1.82, 2.24) is 15.3 Å². The van der Waals surface area contributed by atoms with Gasteiger partial charge < -0.3 is 16.0 Å². The van der Waals surface area contributed by atoms with Crippen LogP contribution >= 0.6 is 0 Å². The van der Waals surface area contributed by atoms with Gasteiger partial charge in [-0.15, -0.1) is 0 Å². The zero-order chi connectivity index (χ0) is 12.1. The van der Waals surface area contributed by atoms with Crippen LogP contribution in [0.5, 0.6) is 0 Å². The number of benzene rings is 1. The van der Waals surface area contributed by atoms with E-state index in [1.54, 1.807) is 36.8 Å². The number of aromatic amines is 1. The van der Waals surface area contributed by atoms with Gasteiger partial charge in [0.25, 0.3) is 5.91 Å². The van der Waals surface area contributed by atoms with Gasteiger partial charge in [0, 0.05) is 36.1 Å². The van der Waals surface area contributed by atoms with E-state index in [1.165, 1.54) is 0 Å². The minimum absolute atomic E-state index is 0.114. The van der Waals surface area contributed by atoms with Gasteiger partial charge in [0.2, 0.25) is 0 Å². The summed E-state index contributed by atoms with van der Waals surface area (Å²) in [6.45, 7) is 0.565. The van der Waals surface area contributed by atoms with Crippen LogP contribution in [0.1, 0.15) is 16.1 Å². The molecule has 17 heavy (non-hydrogen) atoms. The number of H-pyrrole nitrogens is 1. The molecule has 0 fully saturated rings. The number of aromatic nitrogens is 2. The highest BCUT2D eigenvalue weighted by Gasteiger charge is 2.04. The van der Waals surface area contributed by atoms with Crippen molar-refractivity contribution in [3.05, 3.63) is 48.0 Å². The molecule has 2 rings (SSSR count). The predicted molar refractivity (Wildman–Crippen MR) is 65.5 cm³/mol. The molecule has 1 aromatic carbocycles. The number of rotatable bonds is 4. The van der Waals surface area contributed by atoms with Crippen LogP contribution in [-0.2, 0) is 6.42 Å². The molecule has 0 radical (unpaired) electrons. The van der Waals surface area contributed by atoms with Crippen LogP contribution in [0.25, 0.3) is 0 Å². The van der Waals surface area contributed by atoms with Gasteiger partial charge in [0.05, 0.1) is 6.33 Å². The molecule has 0 aliphatic rings. The third-order valence-electron chi connectivity index (χ3n) is 2.38. The zero-order valence-electron chi connectivity index (χ0n) is 9.31. The molecule has 0 saturated heterocycles. The van der Waals surface area contributed by atoms with E-state index in [9.17, 15) is 4.79 Å². The molecule has 2 aromatic rings. The van der Waals surface area contributed by atoms with Gasteiger partial charge in [-0.1, -0.05) is 6.07 Å². The van der Waals surface area contributed by atoms with Crippen molar-refractivity contribution < 1.29 is 4.79 Å². The van der Waals surface area contributed by atoms with Gasteiger partial charge in [0.1, 0.15) is 0 Å². The Morgan fingerprint density at radius 2 is 2.35 bits per heavy atom. The molecular formula is C12H14N4O. The molecular weight excluding hydrogens is 216 g/mol. The number of carbonyl (C=O) groups excluding carboxylic acids is 1. The number of imidazole rings is 1. The molecule has 0 aliphatic heterocycles. The summed E-state index contributed by atoms with van der Waals surface area (Å²) >= 11 is 0. The maximum atomic E-state index is 11.7. The maximum Gasteiger partial charge on any atom is 0.251 e. The van der Waals surface area contributed by atoms with Gasteiger partial charge >= 0.3 is 0 Å². The second-order valence-corrected chi connectivity index (χ2v) is 3.71. The smallest absolute Gasteiger partial charge is 0.251 e. The summed E-state index contributed by atoms with van der Waals surface area (Å²) in [6.07, 6.45) is 4.09. The van der Waals surface area contributed by atoms with E-state index in [0.29, 0.717) is 17.8 Å². The Morgan fingerprint density at radius 3 is 3.06 bits per heavy atom. The summed E-state index contributed by atoms with van der Waals surface area (Å²) in [4.78, 5) is 18.6. The average Bonchev–Trinajstić information content (AvgIpc) is 2.82. The lowest BCUT2D eigenvalue weighted by Gasteiger charge is -2.04. The summed E-state index contributed by atoms with van der Waals surface area (Å²) in [5, 5.41) is 2.82. The summed E-state index contributed by atoms with van der Waals surface area (Å²) in [5.74, 6) is -0.114. The number of nitrogens with zero attached hydrogens (tertiary/aromatic N) is 1. The third kappa shape index (κ3) is 3.07. The maximum absolute atomic E-state index is 11.7. The zero-order valence-corrected chi connectivity index (χ0v) is 9.31. The van der Waals surface area contributed by atoms with E-state index in [-0.39, 0.29) is 5.91 Å². The number of nitrogen functional groups attached to an aromatic ring is 1. The van der Waals surface area contributed by atoms with Crippen molar-refractivity contribution in [2.45, 2.75) is 6.42 Å². The van der Waals surface area contributed by atoms with Crippen molar-refractivity contribution >= 4 is 11.6 Å². The minimum Gasteiger partial charge on any atom is -0.399 e. The first kappa shape index (κ1) is 11.2. The summed E-state index contributed by atoms with van der Waals surface area (Å²) in [5.41, 5.74) is 7.77. The molecule has 88 valence electrons. The number of hydrogen-bond acceptors (Lipinski definition) is 3. The number of carbonyl (C=O) groups is 1. The molecule has 4 N–H and O–H groups in total. The standard InChI is InChI=1S/C12H14N4O/c13-10-3-1-2-9(6-10)12(17)15-5-4-11-7-14-8-16-11/h1-3,6-8H,4-5,13H2,(H,14,16)(H,15,17). The Balaban J connectivity index is 1.85. The molecule has 1 amide bonds. The highest BCUT2D eigenvalue weighted by Crippen LogP contribution is 2.06. The molecule has 0 saturated carbocycles. The first-order chi connectivity index (χ1) is 8.25. The second-order valence-electron chi connectivity index (χ2n) is 3.71. The number of nitrogens with two attached hydrogens (primary N) is 1. The topological polar surface area (TPSA) is 83.8 Å². The van der Waals surface area contributed by atoms with Crippen LogP contribution in [0.4, 0.5) is 5.69 Å². The molecule has 0 aliphatic carbocycles. The van der Waals surface area contributed by atoms with Crippen LogP contribution in [0.15, 0.2) is 36.8 Å². The molecule has 5 nitrogen and oxygen atoms in total. The molecule has 0 unspecified atom stereocenters. The highest BCUT2D eigenvalue weighted by atomic mass is 16.1. The largest absolute Gasteiger partial charge is 0.399 e. The molecule has 0 bridgehead atoms. The average molecular weight is 230 g/mol. The Labute approximate surface area is 99.1 Å². The Hall–Kier alpha value is -2.30. The number of hydrogen-bond donors (Lipinski definition) is 3. The first-order valence-electron chi connectivity index (χ1n) is 5.37. The molecule has 5 heteroatoms. The van der Waals surface area contributed by atoms with E-state index < -0.39 is 0 Å². The van der Waals surface area contributed by atoms with E-state index in [4.69, 9.17) is 5.73 Å². The summed E-state index contributed by atoms with van der Waals surface area (Å²) in [7, 11) is 0. The quantitative estimate of drug-likeness (QED) is 0.684. The van der Waals surface area contributed by atoms with Gasteiger partial charge in [-0.25, -0.2) is 4.98 Å². The van der Waals surface area contributed by atoms with Crippen molar-refractivity contribution in [3.8, 4) is 0 Å². The predicted octanol–water partition coefficient (Wildman–Crippen LogP) is 0.964. The lowest BCUT2D eigenvalue weighted by atomic mass is 10.2.